The second kappa shape index (κ2) is 6.77. The molecule has 20 heavy (non-hydrogen) atoms. The van der Waals surface area contributed by atoms with Gasteiger partial charge in [-0.05, 0) is 42.3 Å². The monoisotopic (exact) mass is 335 g/mol. The lowest BCUT2D eigenvalue weighted by Gasteiger charge is -2.12. The van der Waals surface area contributed by atoms with Crippen molar-refractivity contribution in [2.75, 3.05) is 7.11 Å². The minimum Gasteiger partial charge on any atom is -0.497 e. The van der Waals surface area contributed by atoms with Gasteiger partial charge in [-0.2, -0.15) is 0 Å². The Morgan fingerprint density at radius 2 is 1.95 bits per heavy atom. The van der Waals surface area contributed by atoms with Crippen LogP contribution in [-0.2, 0) is 6.61 Å². The lowest BCUT2D eigenvalue weighted by Crippen LogP contribution is -2.05. The van der Waals surface area contributed by atoms with Crippen LogP contribution < -0.4 is 15.2 Å². The van der Waals surface area contributed by atoms with Gasteiger partial charge in [0, 0.05) is 10.5 Å². The quantitative estimate of drug-likeness (QED) is 0.896. The van der Waals surface area contributed by atoms with Crippen LogP contribution in [0.15, 0.2) is 46.9 Å². The molecule has 4 heteroatoms. The molecule has 0 amide bonds. The number of hydrogen-bond acceptors (Lipinski definition) is 3. The molecule has 0 fully saturated rings. The highest BCUT2D eigenvalue weighted by Crippen LogP contribution is 2.27. The molecule has 0 aliphatic rings. The van der Waals surface area contributed by atoms with Gasteiger partial charge in [-0.1, -0.05) is 34.1 Å². The van der Waals surface area contributed by atoms with Crippen molar-refractivity contribution in [2.45, 2.75) is 19.6 Å². The first kappa shape index (κ1) is 14.9. The fraction of sp³-hybridized carbons (Fsp3) is 0.250. The molecule has 0 heterocycles. The van der Waals surface area contributed by atoms with Gasteiger partial charge in [-0.3, -0.25) is 0 Å². The minimum atomic E-state index is -0.00295. The highest BCUT2D eigenvalue weighted by molar-refractivity contribution is 9.10. The Balaban J connectivity index is 2.05. The number of rotatable bonds is 5. The summed E-state index contributed by atoms with van der Waals surface area (Å²) in [6.07, 6.45) is 0. The van der Waals surface area contributed by atoms with Gasteiger partial charge < -0.3 is 15.2 Å². The SMILES string of the molecule is COc1cccc(COc2ccc([C@@H](C)N)c(Br)c2)c1. The van der Waals surface area contributed by atoms with Crippen LogP contribution >= 0.6 is 15.9 Å². The van der Waals surface area contributed by atoms with E-state index in [4.69, 9.17) is 15.2 Å². The van der Waals surface area contributed by atoms with Crippen molar-refractivity contribution in [2.24, 2.45) is 5.73 Å². The maximum absolute atomic E-state index is 5.88. The predicted octanol–water partition coefficient (Wildman–Crippen LogP) is 4.06. The fourth-order valence-electron chi connectivity index (χ4n) is 1.90. The molecule has 0 aromatic heterocycles. The summed E-state index contributed by atoms with van der Waals surface area (Å²) in [7, 11) is 1.66. The summed E-state index contributed by atoms with van der Waals surface area (Å²) in [5, 5.41) is 0. The largest absolute Gasteiger partial charge is 0.497 e. The van der Waals surface area contributed by atoms with Crippen LogP contribution in [0.5, 0.6) is 11.5 Å². The molecule has 0 unspecified atom stereocenters. The Bertz CT molecular complexity index is 584. The van der Waals surface area contributed by atoms with E-state index in [0.29, 0.717) is 6.61 Å². The summed E-state index contributed by atoms with van der Waals surface area (Å²) in [6, 6.07) is 13.7. The molecule has 3 nitrogen and oxygen atoms in total. The Kier molecular flexibility index (Phi) is 5.04. The van der Waals surface area contributed by atoms with Crippen LogP contribution in [0.3, 0.4) is 0 Å². The summed E-state index contributed by atoms with van der Waals surface area (Å²) in [6.45, 7) is 2.46. The molecule has 2 rings (SSSR count). The average molecular weight is 336 g/mol. The van der Waals surface area contributed by atoms with Gasteiger partial charge >= 0.3 is 0 Å². The molecule has 2 N–H and O–H groups in total. The molecule has 0 saturated carbocycles. The summed E-state index contributed by atoms with van der Waals surface area (Å²) < 4.78 is 11.9. The van der Waals surface area contributed by atoms with Crippen LogP contribution in [0.4, 0.5) is 0 Å². The molecule has 2 aromatic carbocycles. The number of ether oxygens (including phenoxy) is 2. The van der Waals surface area contributed by atoms with E-state index in [1.807, 2.05) is 49.4 Å². The minimum absolute atomic E-state index is 0.00295. The third-order valence-electron chi connectivity index (χ3n) is 3.00. The molecule has 1 atom stereocenters. The first-order valence-electron chi connectivity index (χ1n) is 6.41. The van der Waals surface area contributed by atoms with Crippen molar-refractivity contribution < 1.29 is 9.47 Å². The van der Waals surface area contributed by atoms with Crippen molar-refractivity contribution in [3.63, 3.8) is 0 Å². The van der Waals surface area contributed by atoms with Crippen LogP contribution in [0.2, 0.25) is 0 Å². The van der Waals surface area contributed by atoms with E-state index in [1.54, 1.807) is 7.11 Å². The third kappa shape index (κ3) is 3.74. The van der Waals surface area contributed by atoms with Gasteiger partial charge in [0.05, 0.1) is 7.11 Å². The molecule has 0 spiro atoms. The van der Waals surface area contributed by atoms with Crippen molar-refractivity contribution >= 4 is 15.9 Å². The van der Waals surface area contributed by atoms with Crippen LogP contribution in [0.1, 0.15) is 24.1 Å². The lowest BCUT2D eigenvalue weighted by molar-refractivity contribution is 0.305. The highest BCUT2D eigenvalue weighted by atomic mass is 79.9. The zero-order valence-corrected chi connectivity index (χ0v) is 13.2. The van der Waals surface area contributed by atoms with Crippen molar-refractivity contribution in [3.8, 4) is 11.5 Å². The van der Waals surface area contributed by atoms with E-state index in [2.05, 4.69) is 15.9 Å². The summed E-state index contributed by atoms with van der Waals surface area (Å²) in [5.41, 5.74) is 8.01. The lowest BCUT2D eigenvalue weighted by atomic mass is 10.1. The normalized spacial score (nSPS) is 12.0. The van der Waals surface area contributed by atoms with Crippen LogP contribution in [0, 0.1) is 0 Å². The van der Waals surface area contributed by atoms with Crippen molar-refractivity contribution in [3.05, 3.63) is 58.1 Å². The molecule has 106 valence electrons. The van der Waals surface area contributed by atoms with Crippen LogP contribution in [0.25, 0.3) is 0 Å². The molecule has 0 aliphatic heterocycles. The Hall–Kier alpha value is -1.52. The van der Waals surface area contributed by atoms with Crippen LogP contribution in [-0.4, -0.2) is 7.11 Å². The summed E-state index contributed by atoms with van der Waals surface area (Å²) in [5.74, 6) is 1.64. The number of nitrogens with two attached hydrogens (primary N) is 1. The smallest absolute Gasteiger partial charge is 0.120 e. The third-order valence-corrected chi connectivity index (χ3v) is 3.69. The second-order valence-electron chi connectivity index (χ2n) is 4.61. The maximum atomic E-state index is 5.88. The number of methoxy groups -OCH3 is 1. The standard InChI is InChI=1S/C16H18BrNO2/c1-11(18)15-7-6-14(9-16(15)17)20-10-12-4-3-5-13(8-12)19-2/h3-9,11H,10,18H2,1-2H3/t11-/m1/s1. The number of benzene rings is 2. The maximum Gasteiger partial charge on any atom is 0.120 e. The van der Waals surface area contributed by atoms with Gasteiger partial charge in [0.15, 0.2) is 0 Å². The van der Waals surface area contributed by atoms with Gasteiger partial charge in [0.2, 0.25) is 0 Å². The highest BCUT2D eigenvalue weighted by Gasteiger charge is 2.06. The van der Waals surface area contributed by atoms with E-state index in [1.165, 1.54) is 0 Å². The first-order valence-corrected chi connectivity index (χ1v) is 7.20. The molecule has 0 bridgehead atoms. The topological polar surface area (TPSA) is 44.5 Å². The molecule has 2 aromatic rings. The molecule has 0 aliphatic carbocycles. The van der Waals surface area contributed by atoms with Gasteiger partial charge in [0.25, 0.3) is 0 Å². The van der Waals surface area contributed by atoms with E-state index >= 15 is 0 Å². The molecular weight excluding hydrogens is 318 g/mol. The van der Waals surface area contributed by atoms with Gasteiger partial charge in [-0.25, -0.2) is 0 Å². The van der Waals surface area contributed by atoms with Gasteiger partial charge in [0.1, 0.15) is 18.1 Å². The molecule has 0 radical (unpaired) electrons. The molecule has 0 saturated heterocycles. The second-order valence-corrected chi connectivity index (χ2v) is 5.47. The van der Waals surface area contributed by atoms with E-state index < -0.39 is 0 Å². The number of halogens is 1. The van der Waals surface area contributed by atoms with Crippen molar-refractivity contribution in [1.82, 2.24) is 0 Å². The fourth-order valence-corrected chi connectivity index (χ4v) is 2.61. The Labute approximate surface area is 127 Å². The van der Waals surface area contributed by atoms with Gasteiger partial charge in [-0.15, -0.1) is 0 Å². The molecular formula is C16H18BrNO2. The Morgan fingerprint density at radius 3 is 2.60 bits per heavy atom. The van der Waals surface area contributed by atoms with Crippen molar-refractivity contribution in [1.29, 1.82) is 0 Å². The van der Waals surface area contributed by atoms with E-state index in [9.17, 15) is 0 Å². The predicted molar refractivity (Wildman–Crippen MR) is 84.1 cm³/mol. The van der Waals surface area contributed by atoms with E-state index in [0.717, 1.165) is 27.1 Å². The average Bonchev–Trinajstić information content (AvgIpc) is 2.45. The number of hydrogen-bond donors (Lipinski definition) is 1. The van der Waals surface area contributed by atoms with E-state index in [-0.39, 0.29) is 6.04 Å². The first-order chi connectivity index (χ1) is 9.60. The summed E-state index contributed by atoms with van der Waals surface area (Å²) >= 11 is 3.52. The zero-order chi connectivity index (χ0) is 14.5. The Morgan fingerprint density at radius 1 is 1.15 bits per heavy atom. The zero-order valence-electron chi connectivity index (χ0n) is 11.6. The summed E-state index contributed by atoms with van der Waals surface area (Å²) in [4.78, 5) is 0.